The Kier molecular flexibility index (Phi) is 4.99. The maximum atomic E-state index is 11.7. The lowest BCUT2D eigenvalue weighted by atomic mass is 10.2. The number of aliphatic carboxylic acids is 1. The van der Waals surface area contributed by atoms with Crippen molar-refractivity contribution in [3.05, 3.63) is 30.1 Å². The number of carboxylic acid groups (broad SMARTS) is 1. The molecule has 0 saturated carbocycles. The minimum Gasteiger partial charge on any atom is -0.480 e. The molecule has 7 nitrogen and oxygen atoms in total. The molecule has 1 atom stereocenters. The smallest absolute Gasteiger partial charge is 0.326 e. The number of carbonyl (C=O) groups is 2. The van der Waals surface area contributed by atoms with Crippen molar-refractivity contribution in [2.45, 2.75) is 12.5 Å². The Bertz CT molecular complexity index is 556. The minimum atomic E-state index is -3.28. The highest BCUT2D eigenvalue weighted by Crippen LogP contribution is 2.01. The summed E-state index contributed by atoms with van der Waals surface area (Å²) in [6, 6.07) is 1.63. The fraction of sp³-hybridized carbons (Fsp3) is 0.364. The topological polar surface area (TPSA) is 113 Å². The van der Waals surface area contributed by atoms with Gasteiger partial charge in [0.15, 0.2) is 0 Å². The van der Waals surface area contributed by atoms with Crippen LogP contribution in [0.3, 0.4) is 0 Å². The molecule has 19 heavy (non-hydrogen) atoms. The van der Waals surface area contributed by atoms with E-state index in [0.29, 0.717) is 0 Å². The molecule has 0 saturated heterocycles. The Balaban J connectivity index is 2.69. The van der Waals surface area contributed by atoms with Gasteiger partial charge < -0.3 is 10.4 Å². The van der Waals surface area contributed by atoms with Gasteiger partial charge in [0.05, 0.1) is 5.75 Å². The third-order valence-corrected chi connectivity index (χ3v) is 3.30. The van der Waals surface area contributed by atoms with Gasteiger partial charge in [-0.25, -0.2) is 13.2 Å². The van der Waals surface area contributed by atoms with Crippen molar-refractivity contribution in [3.63, 3.8) is 0 Å². The molecule has 0 aliphatic heterocycles. The van der Waals surface area contributed by atoms with Gasteiger partial charge >= 0.3 is 5.97 Å². The van der Waals surface area contributed by atoms with Gasteiger partial charge in [-0.3, -0.25) is 9.78 Å². The second-order valence-electron chi connectivity index (χ2n) is 4.02. The number of carboxylic acids is 1. The molecule has 104 valence electrons. The molecular weight excluding hydrogens is 272 g/mol. The third-order valence-electron chi connectivity index (χ3n) is 2.32. The van der Waals surface area contributed by atoms with Crippen molar-refractivity contribution in [1.82, 2.24) is 10.3 Å². The number of carbonyl (C=O) groups excluding carboxylic acids is 1. The second-order valence-corrected chi connectivity index (χ2v) is 6.28. The molecule has 0 aliphatic rings. The molecule has 8 heteroatoms. The predicted octanol–water partition coefficient (Wildman–Crippen LogP) is -0.301. The van der Waals surface area contributed by atoms with Crippen LogP contribution in [0, 0.1) is 0 Å². The lowest BCUT2D eigenvalue weighted by molar-refractivity contribution is -0.139. The number of aromatic nitrogens is 1. The summed E-state index contributed by atoms with van der Waals surface area (Å²) in [7, 11) is -3.28. The van der Waals surface area contributed by atoms with Crippen molar-refractivity contribution >= 4 is 21.7 Å². The van der Waals surface area contributed by atoms with Crippen LogP contribution in [0.1, 0.15) is 16.8 Å². The van der Waals surface area contributed by atoms with Crippen LogP contribution >= 0.6 is 0 Å². The number of hydrogen-bond acceptors (Lipinski definition) is 5. The highest BCUT2D eigenvalue weighted by atomic mass is 32.2. The van der Waals surface area contributed by atoms with E-state index >= 15 is 0 Å². The van der Waals surface area contributed by atoms with E-state index in [2.05, 4.69) is 10.3 Å². The standard InChI is InChI=1S/C11H14N2O5S/c1-19(17,18)7-4-9(11(15)16)13-10(14)8-2-5-12-6-3-8/h2-3,5-6,9H,4,7H2,1H3,(H,13,14)(H,15,16). The molecule has 2 N–H and O–H groups in total. The summed E-state index contributed by atoms with van der Waals surface area (Å²) in [5.74, 6) is -2.16. The number of pyridine rings is 1. The quantitative estimate of drug-likeness (QED) is 0.742. The number of amides is 1. The Hall–Kier alpha value is -1.96. The molecule has 1 aromatic rings. The van der Waals surface area contributed by atoms with E-state index in [1.807, 2.05) is 0 Å². The highest BCUT2D eigenvalue weighted by Gasteiger charge is 2.22. The third kappa shape index (κ3) is 5.47. The van der Waals surface area contributed by atoms with Crippen molar-refractivity contribution in [3.8, 4) is 0 Å². The lowest BCUT2D eigenvalue weighted by Crippen LogP contribution is -2.41. The predicted molar refractivity (Wildman–Crippen MR) is 67.5 cm³/mol. The Labute approximate surface area is 110 Å². The van der Waals surface area contributed by atoms with Gasteiger partial charge in [-0.2, -0.15) is 0 Å². The van der Waals surface area contributed by atoms with Crippen LogP contribution in [0.25, 0.3) is 0 Å². The first-order chi connectivity index (χ1) is 8.79. The van der Waals surface area contributed by atoms with E-state index in [1.165, 1.54) is 24.5 Å². The molecule has 0 bridgehead atoms. The van der Waals surface area contributed by atoms with E-state index in [-0.39, 0.29) is 17.7 Å². The second kappa shape index (κ2) is 6.28. The number of nitrogens with zero attached hydrogens (tertiary/aromatic N) is 1. The molecule has 1 rings (SSSR count). The average molecular weight is 286 g/mol. The molecule has 1 amide bonds. The zero-order chi connectivity index (χ0) is 14.5. The van der Waals surface area contributed by atoms with E-state index < -0.39 is 27.8 Å². The van der Waals surface area contributed by atoms with Crippen LogP contribution < -0.4 is 5.32 Å². The SMILES string of the molecule is CS(=O)(=O)CCC(NC(=O)c1ccncc1)C(=O)O. The van der Waals surface area contributed by atoms with Crippen molar-refractivity contribution < 1.29 is 23.1 Å². The molecule has 1 unspecified atom stereocenters. The van der Waals surface area contributed by atoms with Crippen LogP contribution in [0.5, 0.6) is 0 Å². The van der Waals surface area contributed by atoms with Gasteiger partial charge in [-0.1, -0.05) is 0 Å². The maximum absolute atomic E-state index is 11.7. The molecule has 0 aliphatic carbocycles. The van der Waals surface area contributed by atoms with Gasteiger partial charge in [-0.05, 0) is 18.6 Å². The molecule has 0 fully saturated rings. The lowest BCUT2D eigenvalue weighted by Gasteiger charge is -2.13. The molecule has 1 heterocycles. The molecular formula is C11H14N2O5S. The van der Waals surface area contributed by atoms with Crippen molar-refractivity contribution in [2.75, 3.05) is 12.0 Å². The van der Waals surface area contributed by atoms with Crippen LogP contribution in [0.4, 0.5) is 0 Å². The summed E-state index contributed by atoms with van der Waals surface area (Å²) in [6.07, 6.45) is 3.64. The average Bonchev–Trinajstić information content (AvgIpc) is 2.33. The fourth-order valence-electron chi connectivity index (χ4n) is 1.33. The normalized spacial score (nSPS) is 12.7. The van der Waals surface area contributed by atoms with Gasteiger partial charge in [0, 0.05) is 24.2 Å². The van der Waals surface area contributed by atoms with E-state index in [1.54, 1.807) is 0 Å². The van der Waals surface area contributed by atoms with Crippen LogP contribution in [0.2, 0.25) is 0 Å². The molecule has 0 radical (unpaired) electrons. The summed E-state index contributed by atoms with van der Waals surface area (Å²) < 4.78 is 22.0. The van der Waals surface area contributed by atoms with Crippen LogP contribution in [0.15, 0.2) is 24.5 Å². The minimum absolute atomic E-state index is 0.176. The Morgan fingerprint density at radius 3 is 2.42 bits per heavy atom. The van der Waals surface area contributed by atoms with Gasteiger partial charge in [-0.15, -0.1) is 0 Å². The zero-order valence-electron chi connectivity index (χ0n) is 10.2. The Morgan fingerprint density at radius 1 is 1.37 bits per heavy atom. The molecule has 0 spiro atoms. The molecule has 1 aromatic heterocycles. The van der Waals surface area contributed by atoms with Crippen molar-refractivity contribution in [2.24, 2.45) is 0 Å². The monoisotopic (exact) mass is 286 g/mol. The van der Waals surface area contributed by atoms with Gasteiger partial charge in [0.25, 0.3) is 5.91 Å². The van der Waals surface area contributed by atoms with E-state index in [4.69, 9.17) is 5.11 Å². The molecule has 0 aromatic carbocycles. The number of rotatable bonds is 6. The summed E-state index contributed by atoms with van der Waals surface area (Å²) in [5, 5.41) is 11.2. The van der Waals surface area contributed by atoms with Crippen molar-refractivity contribution in [1.29, 1.82) is 0 Å². The zero-order valence-corrected chi connectivity index (χ0v) is 11.1. The van der Waals surface area contributed by atoms with Gasteiger partial charge in [0.1, 0.15) is 15.9 Å². The Morgan fingerprint density at radius 2 is 1.95 bits per heavy atom. The maximum Gasteiger partial charge on any atom is 0.326 e. The van der Waals surface area contributed by atoms with E-state index in [9.17, 15) is 18.0 Å². The summed E-state index contributed by atoms with van der Waals surface area (Å²) in [4.78, 5) is 26.4. The first-order valence-electron chi connectivity index (χ1n) is 5.41. The van der Waals surface area contributed by atoms with Crippen LogP contribution in [-0.4, -0.2) is 48.4 Å². The first kappa shape index (κ1) is 15.1. The summed E-state index contributed by atoms with van der Waals surface area (Å²) >= 11 is 0. The highest BCUT2D eigenvalue weighted by molar-refractivity contribution is 7.90. The number of sulfone groups is 1. The van der Waals surface area contributed by atoms with Crippen LogP contribution in [-0.2, 0) is 14.6 Å². The number of nitrogens with one attached hydrogen (secondary N) is 1. The van der Waals surface area contributed by atoms with E-state index in [0.717, 1.165) is 6.26 Å². The largest absolute Gasteiger partial charge is 0.480 e. The fourth-order valence-corrected chi connectivity index (χ4v) is 2.00. The number of hydrogen-bond donors (Lipinski definition) is 2. The summed E-state index contributed by atoms with van der Waals surface area (Å²) in [6.45, 7) is 0. The van der Waals surface area contributed by atoms with Gasteiger partial charge in [0.2, 0.25) is 0 Å². The summed E-state index contributed by atoms with van der Waals surface area (Å²) in [5.41, 5.74) is 0.264. The first-order valence-corrected chi connectivity index (χ1v) is 7.47.